The number of methoxy groups -OCH3 is 1. The van der Waals surface area contributed by atoms with Gasteiger partial charge in [0.15, 0.2) is 0 Å². The molecule has 1 heterocycles. The van der Waals surface area contributed by atoms with Crippen molar-refractivity contribution in [3.05, 3.63) is 71.8 Å². The highest BCUT2D eigenvalue weighted by Gasteiger charge is 2.31. The highest BCUT2D eigenvalue weighted by Crippen LogP contribution is 2.42. The Kier molecular flexibility index (Phi) is 4.72. The lowest BCUT2D eigenvalue weighted by Gasteiger charge is -2.28. The van der Waals surface area contributed by atoms with E-state index in [2.05, 4.69) is 18.2 Å². The number of hydrogen-bond acceptors (Lipinski definition) is 3. The van der Waals surface area contributed by atoms with Crippen LogP contribution in [0.25, 0.3) is 4.91 Å². The summed E-state index contributed by atoms with van der Waals surface area (Å²) in [4.78, 5) is 13.0. The van der Waals surface area contributed by atoms with E-state index in [9.17, 15) is 4.79 Å². The van der Waals surface area contributed by atoms with Crippen molar-refractivity contribution in [2.24, 2.45) is 11.7 Å². The molecule has 2 N–H and O–H groups in total. The molecular formula is C19H19NO2S. The van der Waals surface area contributed by atoms with Gasteiger partial charge in [0, 0.05) is 16.6 Å². The largest absolute Gasteiger partial charge is 0.497 e. The first-order valence-electron chi connectivity index (χ1n) is 7.52. The van der Waals surface area contributed by atoms with Gasteiger partial charge in [-0.3, -0.25) is 4.79 Å². The Morgan fingerprint density at radius 1 is 1.13 bits per heavy atom. The molecule has 1 amide bonds. The first-order chi connectivity index (χ1) is 11.2. The van der Waals surface area contributed by atoms with Gasteiger partial charge in [0.2, 0.25) is 5.91 Å². The zero-order chi connectivity index (χ0) is 16.2. The number of nitrogens with two attached hydrogens (primary N) is 1. The van der Waals surface area contributed by atoms with Crippen LogP contribution in [0.15, 0.2) is 60.7 Å². The predicted molar refractivity (Wildman–Crippen MR) is 95.3 cm³/mol. The monoisotopic (exact) mass is 325 g/mol. The maximum Gasteiger partial charge on any atom is 0.222 e. The van der Waals surface area contributed by atoms with Crippen LogP contribution in [0.1, 0.15) is 17.0 Å². The van der Waals surface area contributed by atoms with Gasteiger partial charge in [-0.2, -0.15) is 0 Å². The summed E-state index contributed by atoms with van der Waals surface area (Å²) in [6.07, 6.45) is 2.17. The normalized spacial score (nSPS) is 20.7. The molecule has 2 unspecified atom stereocenters. The minimum absolute atomic E-state index is 0.0204. The summed E-state index contributed by atoms with van der Waals surface area (Å²) in [6.45, 7) is 0. The molecule has 23 heavy (non-hydrogen) atoms. The Hall–Kier alpha value is -2.20. The Labute approximate surface area is 140 Å². The number of benzene rings is 2. The van der Waals surface area contributed by atoms with E-state index in [1.807, 2.05) is 42.5 Å². The van der Waals surface area contributed by atoms with Gasteiger partial charge in [-0.1, -0.05) is 48.5 Å². The average Bonchev–Trinajstić information content (AvgIpc) is 2.62. The molecule has 1 aliphatic heterocycles. The van der Waals surface area contributed by atoms with Crippen molar-refractivity contribution < 1.29 is 9.53 Å². The number of thioether (sulfide) groups is 1. The van der Waals surface area contributed by atoms with E-state index >= 15 is 0 Å². The number of ether oxygens (including phenoxy) is 1. The van der Waals surface area contributed by atoms with Crippen molar-refractivity contribution in [1.29, 1.82) is 0 Å². The van der Waals surface area contributed by atoms with Gasteiger partial charge >= 0.3 is 0 Å². The number of allylic oxidation sites excluding steroid dienone is 1. The van der Waals surface area contributed by atoms with Crippen LogP contribution in [0, 0.1) is 5.92 Å². The number of carbonyl (C=O) groups is 1. The molecule has 2 atom stereocenters. The molecule has 0 saturated heterocycles. The van der Waals surface area contributed by atoms with Crippen molar-refractivity contribution in [2.45, 2.75) is 5.92 Å². The smallest absolute Gasteiger partial charge is 0.222 e. The van der Waals surface area contributed by atoms with Crippen LogP contribution in [0.5, 0.6) is 5.75 Å². The second kappa shape index (κ2) is 6.92. The highest BCUT2D eigenvalue weighted by atomic mass is 32.2. The number of carbonyl (C=O) groups excluding carboxylic acids is 1. The standard InChI is InChI=1S/C19H19NO2S/c1-22-15-9-7-14(8-10-15)18-11-16(13-5-3-2-4-6-13)17(12-23-18)19(20)21/h2-11,16-17H,12H2,1H3,(H2,20,21). The number of primary amides is 1. The molecule has 0 bridgehead atoms. The first kappa shape index (κ1) is 15.7. The van der Waals surface area contributed by atoms with E-state index in [1.165, 1.54) is 4.91 Å². The summed E-state index contributed by atoms with van der Waals surface area (Å²) in [5.41, 5.74) is 7.88. The van der Waals surface area contributed by atoms with E-state index in [4.69, 9.17) is 10.5 Å². The number of hydrogen-bond donors (Lipinski definition) is 1. The van der Waals surface area contributed by atoms with Gasteiger partial charge in [0.1, 0.15) is 5.75 Å². The van der Waals surface area contributed by atoms with Gasteiger partial charge in [-0.05, 0) is 23.3 Å². The van der Waals surface area contributed by atoms with Crippen LogP contribution >= 0.6 is 11.8 Å². The third kappa shape index (κ3) is 3.42. The van der Waals surface area contributed by atoms with Crippen LogP contribution in [0.3, 0.4) is 0 Å². The summed E-state index contributed by atoms with van der Waals surface area (Å²) in [7, 11) is 1.66. The summed E-state index contributed by atoms with van der Waals surface area (Å²) in [5.74, 6) is 1.14. The lowest BCUT2D eigenvalue weighted by molar-refractivity contribution is -0.121. The fourth-order valence-corrected chi connectivity index (χ4v) is 4.08. The summed E-state index contributed by atoms with van der Waals surface area (Å²) < 4.78 is 5.21. The molecule has 3 nitrogen and oxygen atoms in total. The highest BCUT2D eigenvalue weighted by molar-refractivity contribution is 8.08. The molecule has 2 aromatic rings. The Bertz CT molecular complexity index is 710. The Balaban J connectivity index is 1.96. The molecule has 2 aromatic carbocycles. The van der Waals surface area contributed by atoms with Crippen molar-refractivity contribution in [3.63, 3.8) is 0 Å². The van der Waals surface area contributed by atoms with Crippen molar-refractivity contribution >= 4 is 22.6 Å². The molecule has 118 valence electrons. The topological polar surface area (TPSA) is 52.3 Å². The van der Waals surface area contributed by atoms with Gasteiger partial charge in [-0.25, -0.2) is 0 Å². The second-order valence-corrected chi connectivity index (χ2v) is 6.58. The maximum absolute atomic E-state index is 11.8. The minimum Gasteiger partial charge on any atom is -0.497 e. The van der Waals surface area contributed by atoms with Crippen molar-refractivity contribution in [1.82, 2.24) is 0 Å². The molecular weight excluding hydrogens is 306 g/mol. The van der Waals surface area contributed by atoms with Crippen molar-refractivity contribution in [2.75, 3.05) is 12.9 Å². The number of amides is 1. The van der Waals surface area contributed by atoms with Gasteiger partial charge in [0.05, 0.1) is 13.0 Å². The zero-order valence-corrected chi connectivity index (χ0v) is 13.8. The Morgan fingerprint density at radius 2 is 1.83 bits per heavy atom. The van der Waals surface area contributed by atoms with E-state index in [1.54, 1.807) is 18.9 Å². The van der Waals surface area contributed by atoms with Crippen LogP contribution in [-0.4, -0.2) is 18.8 Å². The van der Waals surface area contributed by atoms with Crippen LogP contribution in [0.2, 0.25) is 0 Å². The molecule has 1 aliphatic rings. The molecule has 0 fully saturated rings. The summed E-state index contributed by atoms with van der Waals surface area (Å²) in [6, 6.07) is 18.1. The lowest BCUT2D eigenvalue weighted by atomic mass is 9.85. The molecule has 4 heteroatoms. The Morgan fingerprint density at radius 3 is 2.43 bits per heavy atom. The molecule has 0 aliphatic carbocycles. The zero-order valence-electron chi connectivity index (χ0n) is 12.9. The van der Waals surface area contributed by atoms with Crippen LogP contribution in [-0.2, 0) is 4.79 Å². The number of rotatable bonds is 4. The molecule has 0 spiro atoms. The minimum atomic E-state index is -0.239. The first-order valence-corrected chi connectivity index (χ1v) is 8.51. The fourth-order valence-electron chi connectivity index (χ4n) is 2.81. The maximum atomic E-state index is 11.8. The molecule has 0 radical (unpaired) electrons. The third-order valence-corrected chi connectivity index (χ3v) is 5.32. The average molecular weight is 325 g/mol. The van der Waals surface area contributed by atoms with Crippen LogP contribution < -0.4 is 10.5 Å². The second-order valence-electron chi connectivity index (χ2n) is 5.52. The van der Waals surface area contributed by atoms with E-state index < -0.39 is 0 Å². The SMILES string of the molecule is COc1ccc(C2=CC(c3ccccc3)C(C(N)=O)CS2)cc1. The molecule has 0 aromatic heterocycles. The van der Waals surface area contributed by atoms with Gasteiger partial charge in [0.25, 0.3) is 0 Å². The third-order valence-electron chi connectivity index (χ3n) is 4.11. The summed E-state index contributed by atoms with van der Waals surface area (Å²) >= 11 is 1.68. The van der Waals surface area contributed by atoms with Gasteiger partial charge in [-0.15, -0.1) is 11.8 Å². The van der Waals surface area contributed by atoms with Gasteiger partial charge < -0.3 is 10.5 Å². The quantitative estimate of drug-likeness (QED) is 0.933. The van der Waals surface area contributed by atoms with Crippen molar-refractivity contribution in [3.8, 4) is 5.75 Å². The molecule has 3 rings (SSSR count). The summed E-state index contributed by atoms with van der Waals surface area (Å²) in [5, 5.41) is 0. The van der Waals surface area contributed by atoms with E-state index in [0.29, 0.717) is 5.75 Å². The molecule has 0 saturated carbocycles. The van der Waals surface area contributed by atoms with E-state index in [0.717, 1.165) is 16.9 Å². The van der Waals surface area contributed by atoms with E-state index in [-0.39, 0.29) is 17.7 Å². The predicted octanol–water partition coefficient (Wildman–Crippen LogP) is 3.67. The lowest BCUT2D eigenvalue weighted by Crippen LogP contribution is -2.31. The fraction of sp³-hybridized carbons (Fsp3) is 0.211. The van der Waals surface area contributed by atoms with Crippen LogP contribution in [0.4, 0.5) is 0 Å².